The Morgan fingerprint density at radius 1 is 1.19 bits per heavy atom. The molecule has 10 heteroatoms. The van der Waals surface area contributed by atoms with Gasteiger partial charge in [-0.1, -0.05) is 12.1 Å². The van der Waals surface area contributed by atoms with Gasteiger partial charge >= 0.3 is 0 Å². The van der Waals surface area contributed by atoms with Gasteiger partial charge in [0.05, 0.1) is 24.0 Å². The highest BCUT2D eigenvalue weighted by molar-refractivity contribution is 7.92. The van der Waals surface area contributed by atoms with Gasteiger partial charge in [0.2, 0.25) is 20.0 Å². The lowest BCUT2D eigenvalue weighted by molar-refractivity contribution is 0.320. The van der Waals surface area contributed by atoms with E-state index in [9.17, 15) is 16.8 Å². The van der Waals surface area contributed by atoms with Crippen LogP contribution in [-0.4, -0.2) is 39.0 Å². The molecule has 0 spiro atoms. The van der Waals surface area contributed by atoms with E-state index in [1.807, 2.05) is 0 Å². The molecule has 1 unspecified atom stereocenters. The van der Waals surface area contributed by atoms with Gasteiger partial charge in [0.15, 0.2) is 0 Å². The molecular weight excluding hydrogens is 378 g/mol. The normalized spacial score (nSPS) is 18.0. The molecule has 0 bridgehead atoms. The largest absolute Gasteiger partial charge is 0.467 e. The minimum Gasteiger partial charge on any atom is -0.467 e. The van der Waals surface area contributed by atoms with Gasteiger partial charge in [-0.3, -0.25) is 4.72 Å². The van der Waals surface area contributed by atoms with E-state index in [-0.39, 0.29) is 5.75 Å². The van der Waals surface area contributed by atoms with E-state index in [0.29, 0.717) is 23.6 Å². The minimum atomic E-state index is -3.55. The molecular formula is C16H19N3O5S2. The number of nitrogens with one attached hydrogen (secondary N) is 1. The zero-order valence-electron chi connectivity index (χ0n) is 14.3. The highest BCUT2D eigenvalue weighted by Crippen LogP contribution is 2.35. The van der Waals surface area contributed by atoms with E-state index in [1.54, 1.807) is 43.3 Å². The van der Waals surface area contributed by atoms with E-state index >= 15 is 0 Å². The first-order valence-electron chi connectivity index (χ1n) is 7.91. The van der Waals surface area contributed by atoms with Crippen molar-refractivity contribution in [3.05, 3.63) is 54.0 Å². The third kappa shape index (κ3) is 3.91. The summed E-state index contributed by atoms with van der Waals surface area (Å²) in [4.78, 5) is 0. The van der Waals surface area contributed by atoms with Crippen LogP contribution >= 0.6 is 0 Å². The molecule has 0 fully saturated rings. The van der Waals surface area contributed by atoms with Crippen molar-refractivity contribution in [3.8, 4) is 0 Å². The van der Waals surface area contributed by atoms with Crippen molar-refractivity contribution in [1.82, 2.24) is 4.41 Å². The monoisotopic (exact) mass is 397 g/mol. The highest BCUT2D eigenvalue weighted by atomic mass is 32.2. The lowest BCUT2D eigenvalue weighted by atomic mass is 10.0. The minimum absolute atomic E-state index is 0.0712. The maximum Gasteiger partial charge on any atom is 0.250 e. The molecule has 2 aromatic rings. The average Bonchev–Trinajstić information content (AvgIpc) is 3.23. The van der Waals surface area contributed by atoms with Crippen LogP contribution in [0.4, 0.5) is 5.69 Å². The Bertz CT molecular complexity index is 1010. The molecule has 1 atom stereocenters. The molecule has 0 radical (unpaired) electrons. The van der Waals surface area contributed by atoms with Crippen LogP contribution in [0, 0.1) is 0 Å². The second kappa shape index (κ2) is 6.76. The predicted molar refractivity (Wildman–Crippen MR) is 98.8 cm³/mol. The Morgan fingerprint density at radius 2 is 1.88 bits per heavy atom. The summed E-state index contributed by atoms with van der Waals surface area (Å²) >= 11 is 0. The molecule has 1 aliphatic heterocycles. The van der Waals surface area contributed by atoms with E-state index in [4.69, 9.17) is 4.42 Å². The van der Waals surface area contributed by atoms with Crippen molar-refractivity contribution >= 4 is 31.4 Å². The number of nitrogens with zero attached hydrogens (tertiary/aromatic N) is 2. The number of furan rings is 1. The molecule has 0 aliphatic carbocycles. The predicted octanol–water partition coefficient (Wildman–Crippen LogP) is 2.15. The fraction of sp³-hybridized carbons (Fsp3) is 0.312. The Balaban J connectivity index is 1.91. The summed E-state index contributed by atoms with van der Waals surface area (Å²) in [6.45, 7) is 1.56. The maximum atomic E-state index is 12.4. The van der Waals surface area contributed by atoms with Crippen molar-refractivity contribution in [3.63, 3.8) is 0 Å². The van der Waals surface area contributed by atoms with Crippen molar-refractivity contribution in [2.45, 2.75) is 19.4 Å². The van der Waals surface area contributed by atoms with Crippen LogP contribution in [0.3, 0.4) is 0 Å². The van der Waals surface area contributed by atoms with E-state index < -0.39 is 26.1 Å². The van der Waals surface area contributed by atoms with Crippen LogP contribution < -0.4 is 4.72 Å². The topological polar surface area (TPSA) is 109 Å². The van der Waals surface area contributed by atoms with Gasteiger partial charge in [0, 0.05) is 12.1 Å². The number of hydrogen-bond acceptors (Lipinski definition) is 6. The molecule has 2 heterocycles. The summed E-state index contributed by atoms with van der Waals surface area (Å²) in [5.41, 5.74) is 1.74. The van der Waals surface area contributed by atoms with Gasteiger partial charge in [-0.15, -0.1) is 0 Å². The van der Waals surface area contributed by atoms with Gasteiger partial charge in [0.25, 0.3) is 0 Å². The number of anilines is 1. The second-order valence-electron chi connectivity index (χ2n) is 5.91. The molecule has 26 heavy (non-hydrogen) atoms. The van der Waals surface area contributed by atoms with Crippen molar-refractivity contribution in [2.75, 3.05) is 16.7 Å². The molecule has 0 saturated heterocycles. The Hall–Kier alpha value is -2.33. The summed E-state index contributed by atoms with van der Waals surface area (Å²) in [6.07, 6.45) is 2.94. The van der Waals surface area contributed by atoms with Gasteiger partial charge in [-0.25, -0.2) is 16.8 Å². The molecule has 0 saturated carbocycles. The average molecular weight is 397 g/mol. The van der Waals surface area contributed by atoms with Crippen LogP contribution in [0.1, 0.15) is 30.7 Å². The molecule has 1 aromatic heterocycles. The van der Waals surface area contributed by atoms with Gasteiger partial charge in [-0.05, 0) is 36.8 Å². The first-order valence-corrected chi connectivity index (χ1v) is 11.4. The standard InChI is InChI=1S/C16H19N3O5S2/c1-3-26(22,23)19-15(16-5-4-10-24-16)11-14(17-19)12-6-8-13(9-7-12)18-25(2,20)21/h4-10,15,18H,3,11H2,1-2H3. The molecule has 0 amide bonds. The summed E-state index contributed by atoms with van der Waals surface area (Å²) < 4.78 is 56.2. The molecule has 8 nitrogen and oxygen atoms in total. The van der Waals surface area contributed by atoms with Crippen LogP contribution in [0.2, 0.25) is 0 Å². The van der Waals surface area contributed by atoms with E-state index in [0.717, 1.165) is 16.2 Å². The Labute approximate surface area is 152 Å². The zero-order chi connectivity index (χ0) is 18.9. The fourth-order valence-electron chi connectivity index (χ4n) is 2.69. The number of rotatable bonds is 6. The van der Waals surface area contributed by atoms with Gasteiger partial charge in [-0.2, -0.15) is 9.52 Å². The van der Waals surface area contributed by atoms with Crippen LogP contribution in [-0.2, 0) is 20.0 Å². The molecule has 140 valence electrons. The molecule has 1 N–H and O–H groups in total. The van der Waals surface area contributed by atoms with Crippen molar-refractivity contribution in [1.29, 1.82) is 0 Å². The van der Waals surface area contributed by atoms with Crippen LogP contribution in [0.15, 0.2) is 52.2 Å². The first-order chi connectivity index (χ1) is 12.2. The van der Waals surface area contributed by atoms with Gasteiger partial charge < -0.3 is 4.42 Å². The number of hydrogen-bond donors (Lipinski definition) is 1. The lowest BCUT2D eigenvalue weighted by Crippen LogP contribution is -2.28. The molecule has 1 aliphatic rings. The van der Waals surface area contributed by atoms with Crippen molar-refractivity contribution in [2.24, 2.45) is 5.10 Å². The smallest absolute Gasteiger partial charge is 0.250 e. The molecule has 1 aromatic carbocycles. The Morgan fingerprint density at radius 3 is 2.42 bits per heavy atom. The van der Waals surface area contributed by atoms with Crippen LogP contribution in [0.25, 0.3) is 0 Å². The zero-order valence-corrected chi connectivity index (χ0v) is 15.9. The van der Waals surface area contributed by atoms with Crippen molar-refractivity contribution < 1.29 is 21.3 Å². The maximum absolute atomic E-state index is 12.4. The second-order valence-corrected chi connectivity index (χ2v) is 9.77. The lowest BCUT2D eigenvalue weighted by Gasteiger charge is -2.20. The summed E-state index contributed by atoms with van der Waals surface area (Å²) in [5, 5.41) is 4.31. The number of hydrazone groups is 1. The quantitative estimate of drug-likeness (QED) is 0.803. The summed E-state index contributed by atoms with van der Waals surface area (Å²) in [6, 6.07) is 9.52. The van der Waals surface area contributed by atoms with Crippen LogP contribution in [0.5, 0.6) is 0 Å². The Kier molecular flexibility index (Phi) is 4.80. The third-order valence-electron chi connectivity index (χ3n) is 3.92. The van der Waals surface area contributed by atoms with E-state index in [1.165, 1.54) is 6.26 Å². The third-order valence-corrected chi connectivity index (χ3v) is 6.16. The highest BCUT2D eigenvalue weighted by Gasteiger charge is 2.37. The summed E-state index contributed by atoms with van der Waals surface area (Å²) in [7, 11) is -6.91. The number of benzene rings is 1. The SMILES string of the molecule is CCS(=O)(=O)N1N=C(c2ccc(NS(C)(=O)=O)cc2)CC1c1ccco1. The summed E-state index contributed by atoms with van der Waals surface area (Å²) in [5.74, 6) is 0.453. The molecule has 3 rings (SSSR count). The fourth-order valence-corrected chi connectivity index (χ4v) is 4.31. The first kappa shape index (κ1) is 18.5. The van der Waals surface area contributed by atoms with E-state index in [2.05, 4.69) is 9.82 Å². The number of sulfonamides is 2. The van der Waals surface area contributed by atoms with Gasteiger partial charge in [0.1, 0.15) is 11.8 Å².